The summed E-state index contributed by atoms with van der Waals surface area (Å²) in [5.41, 5.74) is 2.71. The van der Waals surface area contributed by atoms with E-state index in [0.717, 1.165) is 49.4 Å². The number of anilines is 1. The molecule has 5 heteroatoms. The molecule has 0 aliphatic carbocycles. The first kappa shape index (κ1) is 19.1. The number of nitrogens with zero attached hydrogens (tertiary/aromatic N) is 2. The number of rotatable bonds is 6. The van der Waals surface area contributed by atoms with Crippen molar-refractivity contribution in [1.29, 1.82) is 0 Å². The van der Waals surface area contributed by atoms with Gasteiger partial charge in [-0.25, -0.2) is 4.79 Å². The minimum atomic E-state index is -0.0642. The van der Waals surface area contributed by atoms with Crippen molar-refractivity contribution in [2.24, 2.45) is 0 Å². The third-order valence-corrected chi connectivity index (χ3v) is 4.50. The van der Waals surface area contributed by atoms with Gasteiger partial charge in [0.05, 0.1) is 11.8 Å². The molecule has 0 bridgehead atoms. The van der Waals surface area contributed by atoms with Crippen LogP contribution in [0.2, 0.25) is 0 Å². The van der Waals surface area contributed by atoms with Crippen LogP contribution in [0.15, 0.2) is 48.7 Å². The lowest BCUT2D eigenvalue weighted by atomic mass is 10.1. The first-order valence-electron chi connectivity index (χ1n) is 9.61. The molecule has 2 heterocycles. The monoisotopic (exact) mass is 365 g/mol. The van der Waals surface area contributed by atoms with Gasteiger partial charge in [-0.15, -0.1) is 0 Å². The second kappa shape index (κ2) is 9.88. The van der Waals surface area contributed by atoms with Gasteiger partial charge in [0, 0.05) is 31.6 Å². The van der Waals surface area contributed by atoms with Crippen molar-refractivity contribution in [1.82, 2.24) is 9.88 Å². The van der Waals surface area contributed by atoms with E-state index in [9.17, 15) is 4.79 Å². The smallest absolute Gasteiger partial charge is 0.321 e. The molecule has 0 saturated carbocycles. The molecule has 142 valence electrons. The molecule has 1 N–H and O–H groups in total. The molecule has 0 radical (unpaired) electrons. The van der Waals surface area contributed by atoms with Gasteiger partial charge in [-0.3, -0.25) is 4.98 Å². The fourth-order valence-electron chi connectivity index (χ4n) is 3.12. The van der Waals surface area contributed by atoms with Gasteiger partial charge in [0.2, 0.25) is 0 Å². The van der Waals surface area contributed by atoms with Crippen molar-refractivity contribution >= 4 is 23.9 Å². The summed E-state index contributed by atoms with van der Waals surface area (Å²) in [4.78, 5) is 18.7. The van der Waals surface area contributed by atoms with Gasteiger partial charge in [-0.2, -0.15) is 0 Å². The van der Waals surface area contributed by atoms with Gasteiger partial charge in [-0.05, 0) is 55.2 Å². The third kappa shape index (κ3) is 5.93. The molecule has 0 spiro atoms. The Labute approximate surface area is 161 Å². The summed E-state index contributed by atoms with van der Waals surface area (Å²) in [5.74, 6) is 0. The Morgan fingerprint density at radius 1 is 1.30 bits per heavy atom. The maximum atomic E-state index is 12.6. The van der Waals surface area contributed by atoms with Crippen LogP contribution in [-0.4, -0.2) is 41.7 Å². The van der Waals surface area contributed by atoms with Gasteiger partial charge in [-0.1, -0.05) is 31.2 Å². The number of carbonyl (C=O) groups excluding carboxylic acids is 1. The van der Waals surface area contributed by atoms with Crippen LogP contribution < -0.4 is 5.32 Å². The van der Waals surface area contributed by atoms with E-state index < -0.39 is 0 Å². The number of nitrogens with one attached hydrogen (secondary N) is 1. The van der Waals surface area contributed by atoms with Crippen molar-refractivity contribution in [2.45, 2.75) is 32.3 Å². The fraction of sp³-hybridized carbons (Fsp3) is 0.364. The van der Waals surface area contributed by atoms with E-state index in [1.807, 2.05) is 59.5 Å². The summed E-state index contributed by atoms with van der Waals surface area (Å²) in [7, 11) is 0. The molecule has 1 saturated heterocycles. The number of hydrogen-bond acceptors (Lipinski definition) is 3. The molecule has 1 aliphatic heterocycles. The zero-order chi connectivity index (χ0) is 18.9. The number of hydrogen-bond donors (Lipinski definition) is 1. The number of pyridine rings is 1. The van der Waals surface area contributed by atoms with E-state index in [1.165, 1.54) is 0 Å². The molecule has 5 nitrogen and oxygen atoms in total. The lowest BCUT2D eigenvalue weighted by Gasteiger charge is -2.32. The first-order chi connectivity index (χ1) is 13.2. The summed E-state index contributed by atoms with van der Waals surface area (Å²) in [6.07, 6.45) is 8.88. The zero-order valence-electron chi connectivity index (χ0n) is 15.8. The van der Waals surface area contributed by atoms with Gasteiger partial charge >= 0.3 is 6.03 Å². The Hall–Kier alpha value is -2.66. The number of aromatic nitrogens is 1. The second-order valence-electron chi connectivity index (χ2n) is 6.72. The van der Waals surface area contributed by atoms with Crippen LogP contribution in [0.1, 0.15) is 37.4 Å². The summed E-state index contributed by atoms with van der Waals surface area (Å²) in [6.45, 7) is 4.29. The topological polar surface area (TPSA) is 54.5 Å². The molecule has 27 heavy (non-hydrogen) atoms. The largest absolute Gasteiger partial charge is 0.376 e. The second-order valence-corrected chi connectivity index (χ2v) is 6.72. The summed E-state index contributed by atoms with van der Waals surface area (Å²) in [6, 6.07) is 13.6. The van der Waals surface area contributed by atoms with Crippen LogP contribution in [0.5, 0.6) is 0 Å². The summed E-state index contributed by atoms with van der Waals surface area (Å²) < 4.78 is 5.82. The number of urea groups is 1. The third-order valence-electron chi connectivity index (χ3n) is 4.50. The molecule has 1 atom stereocenters. The van der Waals surface area contributed by atoms with E-state index in [2.05, 4.69) is 17.2 Å². The Morgan fingerprint density at radius 2 is 2.22 bits per heavy atom. The van der Waals surface area contributed by atoms with Crippen LogP contribution in [-0.2, 0) is 4.74 Å². The molecule has 1 unspecified atom stereocenters. The normalized spacial score (nSPS) is 17.2. The van der Waals surface area contributed by atoms with Gasteiger partial charge in [0.25, 0.3) is 0 Å². The Morgan fingerprint density at radius 3 is 3.04 bits per heavy atom. The van der Waals surface area contributed by atoms with Crippen LogP contribution in [0, 0.1) is 0 Å². The van der Waals surface area contributed by atoms with Crippen LogP contribution in [0.3, 0.4) is 0 Å². The van der Waals surface area contributed by atoms with Crippen LogP contribution in [0.4, 0.5) is 10.5 Å². The predicted molar refractivity (Wildman–Crippen MR) is 109 cm³/mol. The van der Waals surface area contributed by atoms with Crippen molar-refractivity contribution in [3.05, 3.63) is 59.9 Å². The highest BCUT2D eigenvalue weighted by Gasteiger charge is 2.24. The molecule has 2 aromatic rings. The molecule has 1 aromatic carbocycles. The quantitative estimate of drug-likeness (QED) is 0.809. The predicted octanol–water partition coefficient (Wildman–Crippen LogP) is 4.67. The highest BCUT2D eigenvalue weighted by Crippen LogP contribution is 2.17. The van der Waals surface area contributed by atoms with E-state index >= 15 is 0 Å². The molecule has 2 amide bonds. The van der Waals surface area contributed by atoms with E-state index in [1.54, 1.807) is 6.20 Å². The van der Waals surface area contributed by atoms with E-state index in [0.29, 0.717) is 6.54 Å². The van der Waals surface area contributed by atoms with E-state index in [4.69, 9.17) is 4.74 Å². The Kier molecular flexibility index (Phi) is 6.99. The van der Waals surface area contributed by atoms with Crippen molar-refractivity contribution in [3.63, 3.8) is 0 Å². The number of benzene rings is 1. The van der Waals surface area contributed by atoms with Crippen LogP contribution >= 0.6 is 0 Å². The molecule has 1 aromatic heterocycles. The number of piperidine rings is 1. The Bertz CT molecular complexity index is 761. The number of amides is 2. The van der Waals surface area contributed by atoms with Crippen molar-refractivity contribution < 1.29 is 9.53 Å². The van der Waals surface area contributed by atoms with Crippen molar-refractivity contribution in [3.8, 4) is 0 Å². The minimum Gasteiger partial charge on any atom is -0.376 e. The number of ether oxygens (including phenoxy) is 1. The maximum absolute atomic E-state index is 12.6. The van der Waals surface area contributed by atoms with Gasteiger partial charge in [0.15, 0.2) is 0 Å². The Balaban J connectivity index is 1.58. The summed E-state index contributed by atoms with van der Waals surface area (Å²) >= 11 is 0. The minimum absolute atomic E-state index is 0.0642. The fourth-order valence-corrected chi connectivity index (χ4v) is 3.12. The first-order valence-corrected chi connectivity index (χ1v) is 9.61. The molecular weight excluding hydrogens is 338 g/mol. The zero-order valence-corrected chi connectivity index (χ0v) is 15.8. The van der Waals surface area contributed by atoms with E-state index in [-0.39, 0.29) is 12.1 Å². The lowest BCUT2D eigenvalue weighted by molar-refractivity contribution is 0.0115. The maximum Gasteiger partial charge on any atom is 0.321 e. The molecule has 1 fully saturated rings. The molecular formula is C22H27N3O2. The van der Waals surface area contributed by atoms with Gasteiger partial charge < -0.3 is 15.0 Å². The highest BCUT2D eigenvalue weighted by molar-refractivity contribution is 5.90. The average Bonchev–Trinajstić information content (AvgIpc) is 2.72. The number of likely N-dealkylation sites (tertiary alicyclic amines) is 1. The van der Waals surface area contributed by atoms with Crippen molar-refractivity contribution in [2.75, 3.05) is 25.0 Å². The highest BCUT2D eigenvalue weighted by atomic mass is 16.5. The standard InChI is InChI=1S/C22H27N3O2/c1-2-15-27-21-10-6-14-25(17-21)22(26)24-20-9-5-7-18(16-20)11-12-19-8-3-4-13-23-19/h3-5,7-9,11-13,16,21H,2,6,10,14-15,17H2,1H3,(H,24,26). The summed E-state index contributed by atoms with van der Waals surface area (Å²) in [5, 5.41) is 3.01. The molecule has 3 rings (SSSR count). The van der Waals surface area contributed by atoms with Crippen LogP contribution in [0.25, 0.3) is 12.2 Å². The number of carbonyl (C=O) groups is 1. The SMILES string of the molecule is CCCOC1CCCN(C(=O)Nc2cccc(C=Cc3ccccn3)c2)C1. The lowest BCUT2D eigenvalue weighted by Crippen LogP contribution is -2.45. The molecule has 1 aliphatic rings. The van der Waals surface area contributed by atoms with Gasteiger partial charge in [0.1, 0.15) is 0 Å². The average molecular weight is 365 g/mol.